The van der Waals surface area contributed by atoms with Crippen molar-refractivity contribution in [1.82, 2.24) is 3.53 Å². The first-order chi connectivity index (χ1) is 23.2. The molecule has 2 aliphatic carbocycles. The summed E-state index contributed by atoms with van der Waals surface area (Å²) in [5, 5.41) is 7.95. The van der Waals surface area contributed by atoms with Gasteiger partial charge in [0, 0.05) is 0 Å². The Hall–Kier alpha value is -4.93. The first kappa shape index (κ1) is 28.3. The van der Waals surface area contributed by atoms with Crippen molar-refractivity contribution in [2.24, 2.45) is 11.8 Å². The molecule has 1 nitrogen and oxygen atoms in total. The minimum atomic E-state index is -1.76. The van der Waals surface area contributed by atoms with Crippen molar-refractivity contribution in [3.05, 3.63) is 204 Å². The molecule has 1 aliphatic heterocycles. The van der Waals surface area contributed by atoms with Crippen molar-refractivity contribution in [3.63, 3.8) is 0 Å². The Morgan fingerprint density at radius 3 is 2.15 bits per heavy atom. The van der Waals surface area contributed by atoms with Crippen LogP contribution in [0.3, 0.4) is 0 Å². The van der Waals surface area contributed by atoms with Gasteiger partial charge >= 0.3 is 254 Å². The van der Waals surface area contributed by atoms with Crippen LogP contribution in [0.1, 0.15) is 22.3 Å². The minimum Gasteiger partial charge on any atom is -0.0541 e. The molecule has 2 heteroatoms. The molecule has 0 saturated carbocycles. The van der Waals surface area contributed by atoms with E-state index in [2.05, 4.69) is 179 Å². The Morgan fingerprint density at radius 1 is 0.574 bits per heavy atom. The number of benzene rings is 6. The van der Waals surface area contributed by atoms with Gasteiger partial charge in [0.25, 0.3) is 0 Å². The van der Waals surface area contributed by atoms with Gasteiger partial charge in [-0.15, -0.1) is 0 Å². The van der Waals surface area contributed by atoms with E-state index in [0.29, 0.717) is 0 Å². The molecular formula is C45H34IN. The van der Waals surface area contributed by atoms with Crippen LogP contribution in [0, 0.1) is 22.3 Å². The fourth-order valence-corrected chi connectivity index (χ4v) is 11.6. The molecule has 47 heavy (non-hydrogen) atoms. The van der Waals surface area contributed by atoms with E-state index >= 15 is 0 Å². The van der Waals surface area contributed by atoms with Crippen molar-refractivity contribution >= 4 is 58.4 Å². The summed E-state index contributed by atoms with van der Waals surface area (Å²) in [5.41, 5.74) is 9.39. The molecular weight excluding hydrogens is 681 g/mol. The molecule has 0 bridgehead atoms. The second-order valence-corrected chi connectivity index (χ2v) is 16.8. The summed E-state index contributed by atoms with van der Waals surface area (Å²) in [4.78, 5) is 0. The van der Waals surface area contributed by atoms with Crippen LogP contribution < -0.4 is 14.0 Å². The summed E-state index contributed by atoms with van der Waals surface area (Å²) in [7, 11) is 0. The van der Waals surface area contributed by atoms with Crippen molar-refractivity contribution in [1.29, 1.82) is 0 Å². The molecule has 226 valence electrons. The van der Waals surface area contributed by atoms with E-state index in [-0.39, 0.29) is 11.8 Å². The smallest absolute Gasteiger partial charge is 0.0541 e. The van der Waals surface area contributed by atoms with Gasteiger partial charge < -0.3 is 0 Å². The van der Waals surface area contributed by atoms with Gasteiger partial charge in [0.1, 0.15) is 0 Å². The van der Waals surface area contributed by atoms with Crippen LogP contribution in [0.25, 0.3) is 38.3 Å². The first-order valence-electron chi connectivity index (χ1n) is 16.3. The van der Waals surface area contributed by atoms with Gasteiger partial charge in [0.2, 0.25) is 0 Å². The van der Waals surface area contributed by atoms with Gasteiger partial charge in [-0.3, -0.25) is 0 Å². The zero-order valence-electron chi connectivity index (χ0n) is 26.2. The molecule has 6 aromatic rings. The molecule has 6 aromatic carbocycles. The summed E-state index contributed by atoms with van der Waals surface area (Å²) in [6.07, 6.45) is 13.7. The average Bonchev–Trinajstić information content (AvgIpc) is 3.14. The Balaban J connectivity index is 1.21. The second kappa shape index (κ2) is 11.7. The van der Waals surface area contributed by atoms with Gasteiger partial charge in [0.15, 0.2) is 0 Å². The monoisotopic (exact) mass is 715 g/mol. The normalized spacial score (nSPS) is 19.0. The molecule has 2 unspecified atom stereocenters. The van der Waals surface area contributed by atoms with E-state index in [1.54, 1.807) is 0 Å². The number of allylic oxidation sites excluding steroid dienone is 6. The molecule has 2 atom stereocenters. The molecule has 0 aromatic heterocycles. The van der Waals surface area contributed by atoms with Gasteiger partial charge in [-0.05, 0) is 12.5 Å². The first-order valence-corrected chi connectivity index (χ1v) is 19.7. The van der Waals surface area contributed by atoms with Crippen LogP contribution in [0.2, 0.25) is 0 Å². The molecule has 3 aliphatic rings. The molecule has 0 amide bonds. The molecule has 0 saturated heterocycles. The predicted octanol–water partition coefficient (Wildman–Crippen LogP) is 9.82. The number of fused-ring (bicyclic) bond motifs is 4. The zero-order valence-corrected chi connectivity index (χ0v) is 28.4. The van der Waals surface area contributed by atoms with Crippen LogP contribution >= 0.6 is 20.1 Å². The summed E-state index contributed by atoms with van der Waals surface area (Å²) in [6.45, 7) is 2.22. The third kappa shape index (κ3) is 4.90. The molecule has 1 heterocycles. The Morgan fingerprint density at radius 2 is 1.28 bits per heavy atom. The topological polar surface area (TPSA) is 12.0 Å². The number of nitrogens with one attached hydrogen (secondary N) is 1. The van der Waals surface area contributed by atoms with Gasteiger partial charge in [-0.2, -0.15) is 0 Å². The van der Waals surface area contributed by atoms with Crippen LogP contribution in [-0.2, 0) is 0 Å². The van der Waals surface area contributed by atoms with Crippen LogP contribution in [0.5, 0.6) is 0 Å². The number of hydrogen-bond acceptors (Lipinski definition) is 1. The second-order valence-electron chi connectivity index (χ2n) is 12.6. The summed E-state index contributed by atoms with van der Waals surface area (Å²) in [5.74, 6) is 0.502. The van der Waals surface area contributed by atoms with E-state index < -0.39 is 20.1 Å². The summed E-state index contributed by atoms with van der Waals surface area (Å²) in [6, 6.07) is 47.5. The van der Waals surface area contributed by atoms with E-state index in [9.17, 15) is 0 Å². The molecule has 0 fully saturated rings. The van der Waals surface area contributed by atoms with Crippen LogP contribution in [0.15, 0.2) is 168 Å². The molecule has 0 spiro atoms. The SMILES string of the molecule is Cc1cccc2c(C3=c4ccccc4=C(c4cccc(C5=CI(c6ccc7ccccc7c6)NC=C5)c4)C4C=CC=CC34)cccc12. The molecule has 9 rings (SSSR count). The fourth-order valence-electron chi connectivity index (χ4n) is 7.66. The quantitative estimate of drug-likeness (QED) is 0.142. The Bertz CT molecular complexity index is 2480. The zero-order chi connectivity index (χ0) is 31.3. The van der Waals surface area contributed by atoms with Gasteiger partial charge in [-0.25, -0.2) is 0 Å². The number of hydrogen-bond donors (Lipinski definition) is 1. The van der Waals surface area contributed by atoms with Crippen molar-refractivity contribution in [2.75, 3.05) is 0 Å². The van der Waals surface area contributed by atoms with E-state index in [4.69, 9.17) is 0 Å². The number of aryl methyl sites for hydroxylation is 1. The fraction of sp³-hybridized carbons (Fsp3) is 0.0667. The predicted molar refractivity (Wildman–Crippen MR) is 208 cm³/mol. The van der Waals surface area contributed by atoms with E-state index in [1.807, 2.05) is 0 Å². The summed E-state index contributed by atoms with van der Waals surface area (Å²) >= 11 is -1.76. The minimum absolute atomic E-state index is 0.249. The molecule has 0 radical (unpaired) electrons. The third-order valence-corrected chi connectivity index (χ3v) is 14.2. The maximum atomic E-state index is 3.74. The molecule has 1 N–H and O–H groups in total. The standard InChI is InChI=1S/C45H34IN/c1-30-11-8-21-38-37(30)20-10-22-39(38)45-42-18-6-4-16-40(42)44(41-17-5-7-19-43(41)45)34-15-9-14-32(27-34)35-25-26-47-46(29-35)36-24-23-31-12-2-3-13-33(31)28-36/h2-29,40,42,47H,1H3. The maximum absolute atomic E-state index is 3.74. The van der Waals surface area contributed by atoms with E-state index in [1.165, 1.54) is 74.5 Å². The van der Waals surface area contributed by atoms with Crippen LogP contribution in [-0.4, -0.2) is 0 Å². The number of halogens is 1. The van der Waals surface area contributed by atoms with Crippen molar-refractivity contribution < 1.29 is 0 Å². The van der Waals surface area contributed by atoms with Gasteiger partial charge in [-0.1, -0.05) is 18.2 Å². The number of rotatable bonds is 4. The average molecular weight is 716 g/mol. The Kier molecular flexibility index (Phi) is 7.05. The van der Waals surface area contributed by atoms with Crippen molar-refractivity contribution in [2.45, 2.75) is 6.92 Å². The Labute approximate surface area is 283 Å². The van der Waals surface area contributed by atoms with Crippen LogP contribution in [0.4, 0.5) is 0 Å². The van der Waals surface area contributed by atoms with E-state index in [0.717, 1.165) is 0 Å². The third-order valence-electron chi connectivity index (χ3n) is 9.86. The van der Waals surface area contributed by atoms with Crippen molar-refractivity contribution in [3.8, 4) is 0 Å². The van der Waals surface area contributed by atoms with Gasteiger partial charge in [0.05, 0.1) is 0 Å². The summed E-state index contributed by atoms with van der Waals surface area (Å²) < 4.78 is 7.69.